The number of likely N-dealkylation sites (tertiary alicyclic amines) is 1. The zero-order chi connectivity index (χ0) is 21.2. The molecule has 0 aromatic heterocycles. The number of morpholine rings is 1. The van der Waals surface area contributed by atoms with Crippen molar-refractivity contribution in [3.63, 3.8) is 0 Å². The molecule has 5 nitrogen and oxygen atoms in total. The summed E-state index contributed by atoms with van der Waals surface area (Å²) in [6, 6.07) is 7.09. The van der Waals surface area contributed by atoms with E-state index in [4.69, 9.17) is 9.47 Å². The molecule has 2 saturated heterocycles. The summed E-state index contributed by atoms with van der Waals surface area (Å²) >= 11 is 0. The summed E-state index contributed by atoms with van der Waals surface area (Å²) in [5, 5.41) is 0. The Kier molecular flexibility index (Phi) is 6.84. The van der Waals surface area contributed by atoms with Gasteiger partial charge in [-0.2, -0.15) is 0 Å². The molecule has 6 heteroatoms. The maximum absolute atomic E-state index is 15.8. The summed E-state index contributed by atoms with van der Waals surface area (Å²) < 4.78 is 27.0. The van der Waals surface area contributed by atoms with Crippen LogP contribution in [-0.2, 0) is 15.2 Å². The third-order valence-corrected chi connectivity index (χ3v) is 6.18. The summed E-state index contributed by atoms with van der Waals surface area (Å²) in [7, 11) is 1.57. The zero-order valence-electron chi connectivity index (χ0n) is 18.4. The highest BCUT2D eigenvalue weighted by Crippen LogP contribution is 2.41. The van der Waals surface area contributed by atoms with Crippen LogP contribution in [0.25, 0.3) is 0 Å². The van der Waals surface area contributed by atoms with E-state index in [1.54, 1.807) is 19.2 Å². The molecule has 1 aromatic rings. The Bertz CT molecular complexity index is 693. The number of ether oxygens (including phenoxy) is 2. The molecule has 2 fully saturated rings. The molecule has 0 radical (unpaired) electrons. The average Bonchev–Trinajstić information content (AvgIpc) is 2.67. The largest absolute Gasteiger partial charge is 0.496 e. The summed E-state index contributed by atoms with van der Waals surface area (Å²) in [6.45, 7) is 10.6. The quantitative estimate of drug-likeness (QED) is 0.749. The average molecular weight is 407 g/mol. The summed E-state index contributed by atoms with van der Waals surface area (Å²) in [6.07, 6.45) is 0.802. The lowest BCUT2D eigenvalue weighted by molar-refractivity contribution is -0.148. The number of rotatable bonds is 5. The van der Waals surface area contributed by atoms with Gasteiger partial charge in [-0.1, -0.05) is 32.0 Å². The number of alkyl halides is 1. The molecule has 0 unspecified atom stereocenters. The Labute approximate surface area is 174 Å². The van der Waals surface area contributed by atoms with Crippen LogP contribution in [0.1, 0.15) is 46.1 Å². The smallest absolute Gasteiger partial charge is 0.240 e. The lowest BCUT2D eigenvalue weighted by Crippen LogP contribution is -2.58. The van der Waals surface area contributed by atoms with Crippen molar-refractivity contribution in [3.8, 4) is 5.75 Å². The lowest BCUT2D eigenvalue weighted by atomic mass is 9.85. The Balaban J connectivity index is 1.71. The Morgan fingerprint density at radius 1 is 1.17 bits per heavy atom. The van der Waals surface area contributed by atoms with E-state index in [1.807, 2.05) is 17.0 Å². The molecule has 3 atom stereocenters. The lowest BCUT2D eigenvalue weighted by Gasteiger charge is -2.44. The van der Waals surface area contributed by atoms with E-state index in [0.29, 0.717) is 37.2 Å². The number of nitrogens with zero attached hydrogens (tertiary/aromatic N) is 2. The summed E-state index contributed by atoms with van der Waals surface area (Å²) in [5.41, 5.74) is -0.871. The van der Waals surface area contributed by atoms with Gasteiger partial charge in [0, 0.05) is 44.6 Å². The molecule has 1 aromatic carbocycles. The van der Waals surface area contributed by atoms with Gasteiger partial charge in [0.2, 0.25) is 5.91 Å². The predicted molar refractivity (Wildman–Crippen MR) is 112 cm³/mol. The molecule has 2 heterocycles. The van der Waals surface area contributed by atoms with E-state index in [9.17, 15) is 4.79 Å². The van der Waals surface area contributed by atoms with Crippen LogP contribution >= 0.6 is 0 Å². The second-order valence-electron chi connectivity index (χ2n) is 8.89. The zero-order valence-corrected chi connectivity index (χ0v) is 18.4. The van der Waals surface area contributed by atoms with Crippen molar-refractivity contribution in [2.24, 2.45) is 5.92 Å². The van der Waals surface area contributed by atoms with Gasteiger partial charge in [0.05, 0.1) is 25.4 Å². The van der Waals surface area contributed by atoms with E-state index in [-0.39, 0.29) is 30.1 Å². The number of hydrogen-bond acceptors (Lipinski definition) is 4. The summed E-state index contributed by atoms with van der Waals surface area (Å²) in [4.78, 5) is 17.5. The fraction of sp³-hybridized carbons (Fsp3) is 0.696. The van der Waals surface area contributed by atoms with Gasteiger partial charge in [0.15, 0.2) is 0 Å². The Morgan fingerprint density at radius 3 is 2.31 bits per heavy atom. The van der Waals surface area contributed by atoms with E-state index in [1.165, 1.54) is 0 Å². The van der Waals surface area contributed by atoms with Gasteiger partial charge in [-0.3, -0.25) is 9.69 Å². The number of halogens is 1. The molecular weight excluding hydrogens is 371 g/mol. The van der Waals surface area contributed by atoms with Crippen molar-refractivity contribution < 1.29 is 18.7 Å². The number of carbonyl (C=O) groups excluding carboxylic acids is 1. The maximum atomic E-state index is 15.8. The molecule has 162 valence electrons. The van der Waals surface area contributed by atoms with Gasteiger partial charge in [0.1, 0.15) is 11.4 Å². The topological polar surface area (TPSA) is 42.0 Å². The summed E-state index contributed by atoms with van der Waals surface area (Å²) in [5.74, 6) is 0.876. The minimum atomic E-state index is -1.46. The molecule has 1 amide bonds. The molecule has 0 bridgehead atoms. The van der Waals surface area contributed by atoms with Crippen LogP contribution in [-0.4, -0.2) is 67.2 Å². The third kappa shape index (κ3) is 4.75. The highest BCUT2D eigenvalue weighted by molar-refractivity contribution is 5.82. The Hall–Kier alpha value is -1.66. The van der Waals surface area contributed by atoms with Crippen molar-refractivity contribution in [2.45, 2.75) is 64.5 Å². The van der Waals surface area contributed by atoms with Crippen LogP contribution in [0.4, 0.5) is 4.39 Å². The number of benzene rings is 1. The van der Waals surface area contributed by atoms with E-state index in [0.717, 1.165) is 13.1 Å². The first-order valence-electron chi connectivity index (χ1n) is 10.8. The second kappa shape index (κ2) is 9.00. The monoisotopic (exact) mass is 406 g/mol. The number of methoxy groups -OCH3 is 1. The highest BCUT2D eigenvalue weighted by atomic mass is 19.1. The molecule has 2 aliphatic rings. The molecule has 3 rings (SSSR count). The van der Waals surface area contributed by atoms with Crippen molar-refractivity contribution in [1.29, 1.82) is 0 Å². The number of carbonyl (C=O) groups is 1. The first-order valence-corrected chi connectivity index (χ1v) is 10.8. The standard InChI is InChI=1S/C23H35FN2O3/c1-16(2)21(26-14-17(3)29-18(4)15-26)22(27)25-12-10-23(24,11-13-25)19-8-6-7-9-20(19)28-5/h6-9,16-18,21H,10-15H2,1-5H3/t17-,18+,21-/m1/s1. The molecule has 2 aliphatic heterocycles. The van der Waals surface area contributed by atoms with Crippen LogP contribution < -0.4 is 4.74 Å². The minimum Gasteiger partial charge on any atom is -0.496 e. The molecule has 0 spiro atoms. The minimum absolute atomic E-state index is 0.109. The van der Waals surface area contributed by atoms with Gasteiger partial charge in [-0.15, -0.1) is 0 Å². The first-order chi connectivity index (χ1) is 13.7. The second-order valence-corrected chi connectivity index (χ2v) is 8.89. The maximum Gasteiger partial charge on any atom is 0.240 e. The molecular formula is C23H35FN2O3. The van der Waals surface area contributed by atoms with E-state index in [2.05, 4.69) is 32.6 Å². The van der Waals surface area contributed by atoms with Crippen LogP contribution in [0, 0.1) is 5.92 Å². The van der Waals surface area contributed by atoms with E-state index < -0.39 is 5.67 Å². The van der Waals surface area contributed by atoms with Gasteiger partial charge >= 0.3 is 0 Å². The van der Waals surface area contributed by atoms with Crippen LogP contribution in [0.2, 0.25) is 0 Å². The fourth-order valence-electron chi connectivity index (χ4n) is 4.86. The number of hydrogen-bond donors (Lipinski definition) is 0. The molecule has 0 aliphatic carbocycles. The highest BCUT2D eigenvalue weighted by Gasteiger charge is 2.42. The van der Waals surface area contributed by atoms with Crippen LogP contribution in [0.3, 0.4) is 0 Å². The van der Waals surface area contributed by atoms with Crippen molar-refractivity contribution in [3.05, 3.63) is 29.8 Å². The van der Waals surface area contributed by atoms with Gasteiger partial charge in [0.25, 0.3) is 0 Å². The van der Waals surface area contributed by atoms with Crippen molar-refractivity contribution in [1.82, 2.24) is 9.80 Å². The van der Waals surface area contributed by atoms with Crippen LogP contribution in [0.5, 0.6) is 5.75 Å². The van der Waals surface area contributed by atoms with Gasteiger partial charge in [-0.25, -0.2) is 4.39 Å². The fourth-order valence-corrected chi connectivity index (χ4v) is 4.86. The molecule has 0 saturated carbocycles. The Morgan fingerprint density at radius 2 is 1.76 bits per heavy atom. The number of piperidine rings is 1. The number of amides is 1. The van der Waals surface area contributed by atoms with Crippen LogP contribution in [0.15, 0.2) is 24.3 Å². The van der Waals surface area contributed by atoms with Gasteiger partial charge < -0.3 is 14.4 Å². The number of para-hydroxylation sites is 1. The SMILES string of the molecule is COc1ccccc1C1(F)CCN(C(=O)[C@@H](C(C)C)N2C[C@@H](C)O[C@@H](C)C2)CC1. The molecule has 0 N–H and O–H groups in total. The first kappa shape index (κ1) is 22.0. The predicted octanol–water partition coefficient (Wildman–Crippen LogP) is 3.62. The van der Waals surface area contributed by atoms with E-state index >= 15 is 4.39 Å². The third-order valence-electron chi connectivity index (χ3n) is 6.18. The van der Waals surface area contributed by atoms with Crippen molar-refractivity contribution in [2.75, 3.05) is 33.3 Å². The normalized spacial score (nSPS) is 26.4. The van der Waals surface area contributed by atoms with Gasteiger partial charge in [-0.05, 0) is 25.8 Å². The molecule has 29 heavy (non-hydrogen) atoms. The van der Waals surface area contributed by atoms with Crippen molar-refractivity contribution >= 4 is 5.91 Å².